The molecule has 0 amide bonds. The van der Waals surface area contributed by atoms with Gasteiger partial charge in [-0.3, -0.25) is 0 Å². The highest BCUT2D eigenvalue weighted by atomic mass is 16.5. The zero-order chi connectivity index (χ0) is 66.9. The van der Waals surface area contributed by atoms with Gasteiger partial charge in [-0.2, -0.15) is 0 Å². The Balaban J connectivity index is 0.000000272. The van der Waals surface area contributed by atoms with E-state index in [-0.39, 0.29) is 32.5 Å². The van der Waals surface area contributed by atoms with Crippen LogP contribution in [0.15, 0.2) is 133 Å². The fourth-order valence-electron chi connectivity index (χ4n) is 13.9. The highest BCUT2D eigenvalue weighted by Crippen LogP contribution is 2.58. The molecule has 0 N–H and O–H groups in total. The quantitative estimate of drug-likeness (QED) is 0.154. The van der Waals surface area contributed by atoms with Crippen LogP contribution in [0.4, 0.5) is 0 Å². The Morgan fingerprint density at radius 2 is 0.830 bits per heavy atom. The Labute approximate surface area is 544 Å². The molecule has 0 aromatic heterocycles. The molecule has 2 heteroatoms. The van der Waals surface area contributed by atoms with Crippen molar-refractivity contribution in [2.45, 2.75) is 291 Å². The van der Waals surface area contributed by atoms with Gasteiger partial charge in [-0.15, -0.1) is 5.26 Å². The van der Waals surface area contributed by atoms with Gasteiger partial charge in [0.15, 0.2) is 0 Å². The lowest BCUT2D eigenvalue weighted by atomic mass is 9.61. The molecule has 2 nitrogen and oxygen atoms in total. The molecule has 486 valence electrons. The Bertz CT molecular complexity index is 2900. The summed E-state index contributed by atoms with van der Waals surface area (Å²) in [4.78, 5) is 0. The van der Waals surface area contributed by atoms with Gasteiger partial charge in [-0.05, 0) is 192 Å². The number of hydrogen-bond acceptors (Lipinski definition) is 2. The van der Waals surface area contributed by atoms with Gasteiger partial charge < -0.3 is 4.74 Å². The van der Waals surface area contributed by atoms with Crippen LogP contribution < -0.4 is 4.74 Å². The number of nitriles is 1. The second-order valence-corrected chi connectivity index (χ2v) is 33.1. The molecule has 6 aromatic carbocycles. The summed E-state index contributed by atoms with van der Waals surface area (Å²) >= 11 is 0. The third kappa shape index (κ3) is 22.1. The van der Waals surface area contributed by atoms with Gasteiger partial charge >= 0.3 is 0 Å². The van der Waals surface area contributed by atoms with Gasteiger partial charge in [0.05, 0.1) is 0 Å². The van der Waals surface area contributed by atoms with Gasteiger partial charge in [0.1, 0.15) is 5.75 Å². The molecule has 4 saturated carbocycles. The highest BCUT2D eigenvalue weighted by molar-refractivity contribution is 5.84. The normalized spacial score (nSPS) is 20.3. The molecule has 0 spiro atoms. The van der Waals surface area contributed by atoms with Crippen molar-refractivity contribution >= 4 is 10.8 Å². The third-order valence-electron chi connectivity index (χ3n) is 19.4. The Morgan fingerprint density at radius 1 is 0.455 bits per heavy atom. The van der Waals surface area contributed by atoms with Crippen LogP contribution in [0.2, 0.25) is 0 Å². The summed E-state index contributed by atoms with van der Waals surface area (Å²) in [7, 11) is 0. The summed E-state index contributed by atoms with van der Waals surface area (Å²) in [5.74, 6) is 6.30. The third-order valence-corrected chi connectivity index (χ3v) is 19.4. The number of benzene rings is 6. The van der Waals surface area contributed by atoms with Crippen LogP contribution in [-0.2, 0) is 32.5 Å². The van der Waals surface area contributed by atoms with Gasteiger partial charge in [-0.25, -0.2) is 0 Å². The molecule has 88 heavy (non-hydrogen) atoms. The van der Waals surface area contributed by atoms with E-state index in [0.717, 1.165) is 5.92 Å². The average molecular weight is 1190 g/mol. The van der Waals surface area contributed by atoms with Gasteiger partial charge in [0, 0.05) is 5.41 Å². The second kappa shape index (κ2) is 32.7. The van der Waals surface area contributed by atoms with E-state index < -0.39 is 0 Å². The maximum atomic E-state index is 8.28. The molecule has 11 rings (SSSR count). The standard InChI is InChI=1S/C18H24.C15H14.C14H22.C11H13NO.C11H22.C10H16.C3H8.2C2H6/c1-17(2,3)15-9-7-13-8-10-16(18(4,5)6)12-14(13)11-15;1-15(2)13-9-5-3-7-11(13)12-8-4-6-10-14(12)15;1-13(2,3)11-8-7-9-12(10-11)14(4,5)6;1-11(2,3)9-4-6-10(7-5-9)13-8-12;1-9-6-7-10(2,3)8-11(9,4)5;1-2-9-7-4-5-8(6-7)10(9)3-1;1-3-2;2*1-2/h7-12H,1-6H3;3-10H,1-2H3;7-10H,1-6H3;4-7H,1-3H3;9H,6-8H2,1-5H3;7-10H,1-6H2;3H2,1-2H3;2*1-2H3. The van der Waals surface area contributed by atoms with Crippen LogP contribution in [0, 0.1) is 51.9 Å². The molecule has 0 radical (unpaired) electrons. The fraction of sp³-hybridized carbons (Fsp3) is 0.593. The van der Waals surface area contributed by atoms with Gasteiger partial charge in [0.2, 0.25) is 0 Å². The van der Waals surface area contributed by atoms with E-state index in [9.17, 15) is 0 Å². The Hall–Kier alpha value is -5.13. The van der Waals surface area contributed by atoms with Crippen LogP contribution in [0.25, 0.3) is 21.9 Å². The van der Waals surface area contributed by atoms with Crippen LogP contribution in [0.1, 0.15) is 297 Å². The topological polar surface area (TPSA) is 33.0 Å². The average Bonchev–Trinajstić information content (AvgIpc) is 4.43. The molecule has 5 aliphatic carbocycles. The van der Waals surface area contributed by atoms with Crippen molar-refractivity contribution in [2.24, 2.45) is 40.4 Å². The van der Waals surface area contributed by atoms with Gasteiger partial charge in [-0.1, -0.05) is 328 Å². The Morgan fingerprint density at radius 3 is 1.19 bits per heavy atom. The molecule has 5 aliphatic rings. The minimum Gasteiger partial charge on any atom is -0.388 e. The Kier molecular flexibility index (Phi) is 28.7. The monoisotopic (exact) mass is 1190 g/mol. The van der Waals surface area contributed by atoms with E-state index in [1.807, 2.05) is 52.0 Å². The first kappa shape index (κ1) is 77.1. The predicted octanol–water partition coefficient (Wildman–Crippen LogP) is 26.7. The van der Waals surface area contributed by atoms with E-state index in [4.69, 9.17) is 5.26 Å². The van der Waals surface area contributed by atoms with E-state index in [2.05, 4.69) is 280 Å². The zero-order valence-electron chi connectivity index (χ0n) is 62.0. The predicted molar refractivity (Wildman–Crippen MR) is 391 cm³/mol. The number of rotatable bonds is 1. The maximum Gasteiger partial charge on any atom is 0.292 e. The minimum atomic E-state index is 0.144. The van der Waals surface area contributed by atoms with Crippen molar-refractivity contribution in [3.8, 4) is 23.1 Å². The summed E-state index contributed by atoms with van der Waals surface area (Å²) in [5, 5.41) is 11.0. The van der Waals surface area contributed by atoms with Crippen molar-refractivity contribution in [1.29, 1.82) is 5.26 Å². The largest absolute Gasteiger partial charge is 0.388 e. The van der Waals surface area contributed by atoms with E-state index in [1.165, 1.54) is 110 Å². The first-order valence-electron chi connectivity index (χ1n) is 34.9. The van der Waals surface area contributed by atoms with Crippen LogP contribution >= 0.6 is 0 Å². The molecule has 0 saturated heterocycles. The van der Waals surface area contributed by atoms with Crippen LogP contribution in [-0.4, -0.2) is 0 Å². The summed E-state index contributed by atoms with van der Waals surface area (Å²) in [6.07, 6.45) is 16.6. The first-order chi connectivity index (χ1) is 40.8. The molecule has 6 aromatic rings. The van der Waals surface area contributed by atoms with Crippen molar-refractivity contribution in [2.75, 3.05) is 0 Å². The number of fused-ring (bicyclic) bond motifs is 9. The fourth-order valence-corrected chi connectivity index (χ4v) is 13.9. The molecular formula is C86H131NO. The summed E-state index contributed by atoms with van der Waals surface area (Å²) in [6, 6.07) is 47.6. The smallest absolute Gasteiger partial charge is 0.292 e. The lowest BCUT2D eigenvalue weighted by Gasteiger charge is -2.45. The zero-order valence-corrected chi connectivity index (χ0v) is 62.0. The highest BCUT2D eigenvalue weighted by Gasteiger charge is 2.49. The summed E-state index contributed by atoms with van der Waals surface area (Å²) in [5.41, 5.74) is 15.0. The van der Waals surface area contributed by atoms with E-state index in [1.54, 1.807) is 44.8 Å². The summed E-state index contributed by atoms with van der Waals surface area (Å²) in [6.45, 7) is 62.5. The molecule has 0 heterocycles. The number of ether oxygens (including phenoxy) is 1. The molecule has 5 unspecified atom stereocenters. The van der Waals surface area contributed by atoms with E-state index in [0.29, 0.717) is 16.6 Å². The van der Waals surface area contributed by atoms with E-state index >= 15 is 0 Å². The molecular weight excluding hydrogens is 1060 g/mol. The molecule has 4 fully saturated rings. The number of hydrogen-bond donors (Lipinski definition) is 0. The minimum absolute atomic E-state index is 0.144. The number of nitrogens with zero attached hydrogens (tertiary/aromatic N) is 1. The maximum absolute atomic E-state index is 8.28. The van der Waals surface area contributed by atoms with Crippen molar-refractivity contribution in [3.63, 3.8) is 0 Å². The van der Waals surface area contributed by atoms with Crippen molar-refractivity contribution in [3.05, 3.63) is 172 Å². The van der Waals surface area contributed by atoms with Crippen molar-refractivity contribution < 1.29 is 4.74 Å². The lowest BCUT2D eigenvalue weighted by molar-refractivity contribution is 0.0591. The SMILES string of the molecule is C1CC2C3CCC(C3)C2C1.CC.CC.CC(C)(C)c1ccc(OC#N)cc1.CC(C)(C)c1ccc2ccc(C(C)(C)C)cc2c1.CC(C)(C)c1cccc(C(C)(C)C)c1.CC1(C)c2ccccc2-c2ccccc21.CC1CCC(C)(C)CC1(C)C.CCC. The summed E-state index contributed by atoms with van der Waals surface area (Å²) < 4.78 is 4.68. The van der Waals surface area contributed by atoms with Crippen molar-refractivity contribution in [1.82, 2.24) is 0 Å². The van der Waals surface area contributed by atoms with Crippen LogP contribution in [0.5, 0.6) is 5.75 Å². The first-order valence-corrected chi connectivity index (χ1v) is 34.9. The molecule has 2 bridgehead atoms. The lowest BCUT2D eigenvalue weighted by Crippen LogP contribution is -2.34. The molecule has 0 aliphatic heterocycles. The van der Waals surface area contributed by atoms with Gasteiger partial charge in [0.25, 0.3) is 6.26 Å². The molecule has 5 atom stereocenters. The van der Waals surface area contributed by atoms with Crippen LogP contribution in [0.3, 0.4) is 0 Å². The second-order valence-electron chi connectivity index (χ2n) is 33.1.